The first-order chi connectivity index (χ1) is 8.16. The van der Waals surface area contributed by atoms with Crippen molar-refractivity contribution in [2.45, 2.75) is 26.1 Å². The van der Waals surface area contributed by atoms with Gasteiger partial charge in [0.1, 0.15) is 12.1 Å². The van der Waals surface area contributed by atoms with E-state index in [1.165, 1.54) is 12.1 Å². The molecule has 4 heteroatoms. The summed E-state index contributed by atoms with van der Waals surface area (Å²) in [5.41, 5.74) is 5.30. The Balaban J connectivity index is 1.89. The van der Waals surface area contributed by atoms with Crippen molar-refractivity contribution in [1.82, 2.24) is 10.4 Å². The van der Waals surface area contributed by atoms with E-state index in [9.17, 15) is 4.39 Å². The van der Waals surface area contributed by atoms with Crippen LogP contribution in [-0.2, 0) is 4.74 Å². The van der Waals surface area contributed by atoms with Gasteiger partial charge in [0.05, 0.1) is 5.70 Å². The third kappa shape index (κ3) is 1.60. The van der Waals surface area contributed by atoms with Crippen LogP contribution in [0.4, 0.5) is 4.39 Å². The van der Waals surface area contributed by atoms with E-state index in [2.05, 4.69) is 19.3 Å². The molecule has 0 radical (unpaired) electrons. The molecular formula is C13H15FN2O. The number of halogens is 1. The first-order valence-electron chi connectivity index (χ1n) is 5.84. The maximum absolute atomic E-state index is 12.9. The maximum Gasteiger partial charge on any atom is 0.189 e. The fourth-order valence-corrected chi connectivity index (χ4v) is 2.30. The highest BCUT2D eigenvalue weighted by molar-refractivity contribution is 5.64. The largest absolute Gasteiger partial charge is 0.474 e. The van der Waals surface area contributed by atoms with Gasteiger partial charge in [0.2, 0.25) is 0 Å². The number of hydrogen-bond donors (Lipinski definition) is 1. The number of benzene rings is 1. The Kier molecular flexibility index (Phi) is 2.33. The van der Waals surface area contributed by atoms with Gasteiger partial charge in [-0.05, 0) is 31.2 Å². The van der Waals surface area contributed by atoms with Crippen LogP contribution in [-0.4, -0.2) is 17.3 Å². The molecule has 3 unspecified atom stereocenters. The summed E-state index contributed by atoms with van der Waals surface area (Å²) in [5.74, 6) is 0.199. The smallest absolute Gasteiger partial charge is 0.189 e. The summed E-state index contributed by atoms with van der Waals surface area (Å²) < 4.78 is 18.6. The number of nitrogens with one attached hydrogen (secondary N) is 1. The quantitative estimate of drug-likeness (QED) is 0.807. The Morgan fingerprint density at radius 3 is 2.65 bits per heavy atom. The first-order valence-corrected chi connectivity index (χ1v) is 5.84. The van der Waals surface area contributed by atoms with Crippen LogP contribution < -0.4 is 5.43 Å². The highest BCUT2D eigenvalue weighted by Crippen LogP contribution is 2.35. The summed E-state index contributed by atoms with van der Waals surface area (Å²) >= 11 is 0. The molecule has 0 amide bonds. The zero-order valence-corrected chi connectivity index (χ0v) is 9.85. The molecule has 1 N–H and O–H groups in total. The van der Waals surface area contributed by atoms with E-state index in [4.69, 9.17) is 4.74 Å². The highest BCUT2D eigenvalue weighted by atomic mass is 19.1. The minimum absolute atomic E-state index is 0.0463. The molecular weight excluding hydrogens is 219 g/mol. The summed E-state index contributed by atoms with van der Waals surface area (Å²) in [6.45, 7) is 4.29. The van der Waals surface area contributed by atoms with Crippen molar-refractivity contribution in [1.29, 1.82) is 0 Å². The van der Waals surface area contributed by atoms with Crippen LogP contribution in [0.2, 0.25) is 0 Å². The molecule has 1 saturated heterocycles. The van der Waals surface area contributed by atoms with Crippen LogP contribution in [0.5, 0.6) is 0 Å². The van der Waals surface area contributed by atoms with Gasteiger partial charge in [-0.2, -0.15) is 0 Å². The van der Waals surface area contributed by atoms with Crippen molar-refractivity contribution < 1.29 is 9.13 Å². The molecule has 90 valence electrons. The average Bonchev–Trinajstić information content (AvgIpc) is 2.83. The van der Waals surface area contributed by atoms with E-state index < -0.39 is 0 Å². The highest BCUT2D eigenvalue weighted by Gasteiger charge is 2.42. The van der Waals surface area contributed by atoms with E-state index in [1.54, 1.807) is 18.4 Å². The van der Waals surface area contributed by atoms with E-state index >= 15 is 0 Å². The van der Waals surface area contributed by atoms with Crippen LogP contribution in [0.25, 0.3) is 5.70 Å². The van der Waals surface area contributed by atoms with Crippen LogP contribution in [0.3, 0.4) is 0 Å². The predicted octanol–water partition coefficient (Wildman–Crippen LogP) is 2.33. The van der Waals surface area contributed by atoms with Crippen LogP contribution in [0.15, 0.2) is 30.5 Å². The topological polar surface area (TPSA) is 24.5 Å². The number of ether oxygens (including phenoxy) is 1. The molecule has 0 spiro atoms. The van der Waals surface area contributed by atoms with E-state index in [0.717, 1.165) is 11.3 Å². The molecule has 3 rings (SSSR count). The predicted molar refractivity (Wildman–Crippen MR) is 62.9 cm³/mol. The third-order valence-electron chi connectivity index (χ3n) is 3.55. The standard InChI is InChI=1S/C13H15FN2O/c1-8-9(2)15-16-12(7-17-13(8)16)10-3-5-11(14)6-4-10/h3-9,13,15H,1-2H3. The second kappa shape index (κ2) is 3.74. The lowest BCUT2D eigenvalue weighted by molar-refractivity contribution is 0.0482. The lowest BCUT2D eigenvalue weighted by Crippen LogP contribution is -2.34. The Morgan fingerprint density at radius 2 is 1.94 bits per heavy atom. The van der Waals surface area contributed by atoms with E-state index in [-0.39, 0.29) is 12.0 Å². The van der Waals surface area contributed by atoms with Gasteiger partial charge in [-0.3, -0.25) is 5.01 Å². The SMILES string of the molecule is CC1NN2C(c3ccc(F)cc3)=COC2C1C. The van der Waals surface area contributed by atoms with Gasteiger partial charge in [0.15, 0.2) is 6.23 Å². The summed E-state index contributed by atoms with van der Waals surface area (Å²) in [5, 5.41) is 2.03. The van der Waals surface area contributed by atoms with Crippen molar-refractivity contribution in [3.63, 3.8) is 0 Å². The van der Waals surface area contributed by atoms with Crippen molar-refractivity contribution in [3.05, 3.63) is 41.9 Å². The monoisotopic (exact) mass is 234 g/mol. The molecule has 0 aromatic heterocycles. The zero-order valence-electron chi connectivity index (χ0n) is 9.85. The van der Waals surface area contributed by atoms with E-state index in [0.29, 0.717) is 12.0 Å². The minimum atomic E-state index is -0.221. The molecule has 0 saturated carbocycles. The third-order valence-corrected chi connectivity index (χ3v) is 3.55. The number of hydrogen-bond acceptors (Lipinski definition) is 3. The number of fused-ring (bicyclic) bond motifs is 1. The number of hydrazine groups is 1. The molecule has 17 heavy (non-hydrogen) atoms. The summed E-state index contributed by atoms with van der Waals surface area (Å²) in [4.78, 5) is 0. The van der Waals surface area contributed by atoms with Gasteiger partial charge in [-0.15, -0.1) is 0 Å². The molecule has 0 bridgehead atoms. The molecule has 2 aliphatic heterocycles. The second-order valence-electron chi connectivity index (χ2n) is 4.68. The molecule has 3 atom stereocenters. The van der Waals surface area contributed by atoms with Gasteiger partial charge in [0, 0.05) is 17.5 Å². The zero-order chi connectivity index (χ0) is 12.0. The molecule has 1 fully saturated rings. The van der Waals surface area contributed by atoms with Crippen LogP contribution >= 0.6 is 0 Å². The normalized spacial score (nSPS) is 31.1. The van der Waals surface area contributed by atoms with Crippen molar-refractivity contribution >= 4 is 5.70 Å². The molecule has 2 aliphatic rings. The Bertz CT molecular complexity index is 457. The van der Waals surface area contributed by atoms with Gasteiger partial charge in [-0.1, -0.05) is 6.92 Å². The fourth-order valence-electron chi connectivity index (χ4n) is 2.30. The Labute approximate surface area is 99.8 Å². The molecule has 2 heterocycles. The average molecular weight is 234 g/mol. The fraction of sp³-hybridized carbons (Fsp3) is 0.385. The Hall–Kier alpha value is -1.55. The van der Waals surface area contributed by atoms with Crippen molar-refractivity contribution in [3.8, 4) is 0 Å². The lowest BCUT2D eigenvalue weighted by Gasteiger charge is -2.20. The maximum atomic E-state index is 12.9. The Morgan fingerprint density at radius 1 is 1.24 bits per heavy atom. The van der Waals surface area contributed by atoms with Gasteiger partial charge < -0.3 is 4.74 Å². The first kappa shape index (κ1) is 10.6. The summed E-state index contributed by atoms with van der Waals surface area (Å²) in [6.07, 6.45) is 1.79. The van der Waals surface area contributed by atoms with E-state index in [1.807, 2.05) is 5.01 Å². The molecule has 1 aromatic rings. The minimum Gasteiger partial charge on any atom is -0.474 e. The van der Waals surface area contributed by atoms with Gasteiger partial charge in [-0.25, -0.2) is 9.82 Å². The van der Waals surface area contributed by atoms with Crippen LogP contribution in [0.1, 0.15) is 19.4 Å². The van der Waals surface area contributed by atoms with Gasteiger partial charge >= 0.3 is 0 Å². The summed E-state index contributed by atoms with van der Waals surface area (Å²) in [6, 6.07) is 6.84. The van der Waals surface area contributed by atoms with Gasteiger partial charge in [0.25, 0.3) is 0 Å². The molecule has 0 aliphatic carbocycles. The summed E-state index contributed by atoms with van der Waals surface area (Å²) in [7, 11) is 0. The lowest BCUT2D eigenvalue weighted by atomic mass is 10.1. The number of nitrogens with zero attached hydrogens (tertiary/aromatic N) is 1. The van der Waals surface area contributed by atoms with Crippen molar-refractivity contribution in [2.24, 2.45) is 5.92 Å². The van der Waals surface area contributed by atoms with Crippen LogP contribution in [0, 0.1) is 11.7 Å². The van der Waals surface area contributed by atoms with Crippen molar-refractivity contribution in [2.75, 3.05) is 0 Å². The number of rotatable bonds is 1. The molecule has 1 aromatic carbocycles. The molecule has 3 nitrogen and oxygen atoms in total. The second-order valence-corrected chi connectivity index (χ2v) is 4.68.